The van der Waals surface area contributed by atoms with E-state index in [4.69, 9.17) is 14.6 Å². The quantitative estimate of drug-likeness (QED) is 0.801. The van der Waals surface area contributed by atoms with Gasteiger partial charge in [0, 0.05) is 5.56 Å². The Morgan fingerprint density at radius 1 is 1.08 bits per heavy atom. The highest BCUT2D eigenvalue weighted by Gasteiger charge is 2.48. The number of fused-ring (bicyclic) bond motifs is 1. The molecule has 1 unspecified atom stereocenters. The first-order valence-corrected chi connectivity index (χ1v) is 7.05. The van der Waals surface area contributed by atoms with Crippen molar-refractivity contribution >= 4 is 12.2 Å². The number of carbonyl (C=O) groups is 1. The molecule has 0 fully saturated rings. The fourth-order valence-electron chi connectivity index (χ4n) is 2.26. The first-order valence-electron chi connectivity index (χ1n) is 7.05. The third-order valence-corrected chi connectivity index (χ3v) is 3.26. The van der Waals surface area contributed by atoms with Crippen LogP contribution in [0.5, 0.6) is 17.2 Å². The van der Waals surface area contributed by atoms with Crippen LogP contribution in [-0.4, -0.2) is 23.5 Å². The monoisotopic (exact) mass is 352 g/mol. The fourth-order valence-corrected chi connectivity index (χ4v) is 2.26. The molecule has 3 rings (SSSR count). The smallest absolute Gasteiger partial charge is 0.472 e. The predicted octanol–water partition coefficient (Wildman–Crippen LogP) is 4.84. The molecular formula is C17H11F3O5. The van der Waals surface area contributed by atoms with Crippen LogP contribution < -0.4 is 9.47 Å². The Morgan fingerprint density at radius 2 is 1.80 bits per heavy atom. The molecule has 0 aromatic heterocycles. The average Bonchev–Trinajstić information content (AvgIpc) is 2.53. The lowest BCUT2D eigenvalue weighted by Crippen LogP contribution is -2.39. The summed E-state index contributed by atoms with van der Waals surface area (Å²) >= 11 is 0. The van der Waals surface area contributed by atoms with E-state index in [-0.39, 0.29) is 11.3 Å². The standard InChI is InChI=1S/C17H11F3O5/c18-17(19,20)15-14(25-16(21)22)9-10-8-12(6-7-13(10)24-15)23-11-4-2-1-3-5-11/h1-9,15H,(H,21,22). The maximum absolute atomic E-state index is 13.0. The van der Waals surface area contributed by atoms with Crippen LogP contribution in [0.1, 0.15) is 5.56 Å². The largest absolute Gasteiger partial charge is 0.511 e. The highest BCUT2D eigenvalue weighted by Crippen LogP contribution is 2.39. The minimum absolute atomic E-state index is 0.0551. The Kier molecular flexibility index (Phi) is 4.26. The van der Waals surface area contributed by atoms with Crippen LogP contribution in [0.25, 0.3) is 6.08 Å². The van der Waals surface area contributed by atoms with Gasteiger partial charge in [0.15, 0.2) is 5.76 Å². The summed E-state index contributed by atoms with van der Waals surface area (Å²) in [5.41, 5.74) is 0.213. The summed E-state index contributed by atoms with van der Waals surface area (Å²) in [5.74, 6) is -0.0203. The molecule has 0 spiro atoms. The van der Waals surface area contributed by atoms with Crippen LogP contribution in [0.15, 0.2) is 54.3 Å². The van der Waals surface area contributed by atoms with Crippen LogP contribution >= 0.6 is 0 Å². The molecule has 0 aliphatic carbocycles. The number of benzene rings is 2. The van der Waals surface area contributed by atoms with Gasteiger partial charge in [0.05, 0.1) is 0 Å². The normalized spacial score (nSPS) is 16.3. The molecule has 0 radical (unpaired) electrons. The van der Waals surface area contributed by atoms with Crippen molar-refractivity contribution in [3.63, 3.8) is 0 Å². The van der Waals surface area contributed by atoms with E-state index < -0.39 is 24.2 Å². The predicted molar refractivity (Wildman–Crippen MR) is 80.5 cm³/mol. The van der Waals surface area contributed by atoms with Gasteiger partial charge in [-0.25, -0.2) is 4.79 Å². The number of rotatable bonds is 3. The Labute approximate surface area is 139 Å². The number of para-hydroxylation sites is 1. The molecule has 130 valence electrons. The third kappa shape index (κ3) is 3.85. The molecule has 1 heterocycles. The van der Waals surface area contributed by atoms with Crippen LogP contribution in [0.4, 0.5) is 18.0 Å². The first kappa shape index (κ1) is 16.7. The van der Waals surface area contributed by atoms with Gasteiger partial charge in [0.2, 0.25) is 0 Å². The number of halogens is 3. The fraction of sp³-hybridized carbons (Fsp3) is 0.118. The van der Waals surface area contributed by atoms with Gasteiger partial charge in [-0.3, -0.25) is 0 Å². The lowest BCUT2D eigenvalue weighted by molar-refractivity contribution is -0.191. The first-order chi connectivity index (χ1) is 11.8. The molecular weight excluding hydrogens is 341 g/mol. The highest BCUT2D eigenvalue weighted by molar-refractivity contribution is 5.67. The van der Waals surface area contributed by atoms with Gasteiger partial charge in [0.25, 0.3) is 6.10 Å². The summed E-state index contributed by atoms with van der Waals surface area (Å²) < 4.78 is 53.8. The summed E-state index contributed by atoms with van der Waals surface area (Å²) in [7, 11) is 0. The third-order valence-electron chi connectivity index (χ3n) is 3.26. The van der Waals surface area contributed by atoms with Gasteiger partial charge in [0.1, 0.15) is 17.2 Å². The number of carboxylic acid groups (broad SMARTS) is 1. The summed E-state index contributed by atoms with van der Waals surface area (Å²) in [6.07, 6.45) is -8.19. The molecule has 1 atom stereocenters. The molecule has 1 N–H and O–H groups in total. The Balaban J connectivity index is 1.93. The number of hydrogen-bond acceptors (Lipinski definition) is 4. The molecule has 8 heteroatoms. The van der Waals surface area contributed by atoms with Crippen molar-refractivity contribution in [3.05, 3.63) is 59.9 Å². The minimum atomic E-state index is -4.82. The Morgan fingerprint density at radius 3 is 2.44 bits per heavy atom. The van der Waals surface area contributed by atoms with E-state index in [0.29, 0.717) is 11.5 Å². The van der Waals surface area contributed by atoms with E-state index >= 15 is 0 Å². The van der Waals surface area contributed by atoms with E-state index in [9.17, 15) is 18.0 Å². The summed E-state index contributed by atoms with van der Waals surface area (Å²) in [4.78, 5) is 10.6. The molecule has 0 bridgehead atoms. The zero-order valence-electron chi connectivity index (χ0n) is 12.5. The Hall–Kier alpha value is -3.16. The van der Waals surface area contributed by atoms with E-state index in [1.807, 2.05) is 6.07 Å². The molecule has 1 aliphatic rings. The molecule has 0 amide bonds. The van der Waals surface area contributed by atoms with Crippen LogP contribution in [0.2, 0.25) is 0 Å². The molecule has 25 heavy (non-hydrogen) atoms. The summed E-state index contributed by atoms with van der Waals surface area (Å²) in [6, 6.07) is 13.0. The van der Waals surface area contributed by atoms with Crippen molar-refractivity contribution in [1.29, 1.82) is 0 Å². The topological polar surface area (TPSA) is 65.0 Å². The molecule has 2 aromatic rings. The molecule has 5 nitrogen and oxygen atoms in total. The molecule has 0 saturated heterocycles. The van der Waals surface area contributed by atoms with Gasteiger partial charge in [-0.15, -0.1) is 0 Å². The maximum Gasteiger partial charge on any atom is 0.511 e. The van der Waals surface area contributed by atoms with Crippen molar-refractivity contribution in [2.24, 2.45) is 0 Å². The zero-order valence-corrected chi connectivity index (χ0v) is 12.5. The maximum atomic E-state index is 13.0. The minimum Gasteiger partial charge on any atom is -0.472 e. The van der Waals surface area contributed by atoms with Crippen molar-refractivity contribution < 1.29 is 37.3 Å². The van der Waals surface area contributed by atoms with Crippen molar-refractivity contribution in [2.75, 3.05) is 0 Å². The SMILES string of the molecule is O=C(O)OC1=Cc2cc(Oc3ccccc3)ccc2OC1C(F)(F)F. The number of alkyl halides is 3. The number of ether oxygens (including phenoxy) is 3. The van der Waals surface area contributed by atoms with Gasteiger partial charge in [-0.05, 0) is 36.4 Å². The van der Waals surface area contributed by atoms with Gasteiger partial charge in [-0.1, -0.05) is 18.2 Å². The highest BCUT2D eigenvalue weighted by atomic mass is 19.4. The number of hydrogen-bond donors (Lipinski definition) is 1. The van der Waals surface area contributed by atoms with Crippen molar-refractivity contribution in [3.8, 4) is 17.2 Å². The van der Waals surface area contributed by atoms with Crippen LogP contribution in [0, 0.1) is 0 Å². The van der Waals surface area contributed by atoms with Crippen LogP contribution in [-0.2, 0) is 4.74 Å². The molecule has 2 aromatic carbocycles. The molecule has 0 saturated carbocycles. The van der Waals surface area contributed by atoms with Crippen molar-refractivity contribution in [2.45, 2.75) is 12.3 Å². The lowest BCUT2D eigenvalue weighted by atomic mass is 10.1. The van der Waals surface area contributed by atoms with E-state index in [1.54, 1.807) is 24.3 Å². The van der Waals surface area contributed by atoms with E-state index in [0.717, 1.165) is 6.08 Å². The van der Waals surface area contributed by atoms with E-state index in [1.165, 1.54) is 18.2 Å². The summed E-state index contributed by atoms with van der Waals surface area (Å²) in [6.45, 7) is 0. The second-order valence-corrected chi connectivity index (χ2v) is 5.07. The molecule has 1 aliphatic heterocycles. The van der Waals surface area contributed by atoms with Gasteiger partial charge in [-0.2, -0.15) is 13.2 Å². The lowest BCUT2D eigenvalue weighted by Gasteiger charge is -2.27. The average molecular weight is 352 g/mol. The zero-order chi connectivity index (χ0) is 18.0. The van der Waals surface area contributed by atoms with Crippen LogP contribution in [0.3, 0.4) is 0 Å². The van der Waals surface area contributed by atoms with E-state index in [2.05, 4.69) is 4.74 Å². The summed E-state index contributed by atoms with van der Waals surface area (Å²) in [5, 5.41) is 8.64. The Bertz CT molecular complexity index is 815. The second-order valence-electron chi connectivity index (χ2n) is 5.07. The van der Waals surface area contributed by atoms with Gasteiger partial charge < -0.3 is 19.3 Å². The van der Waals surface area contributed by atoms with Crippen molar-refractivity contribution in [1.82, 2.24) is 0 Å². The second kappa shape index (κ2) is 6.39. The van der Waals surface area contributed by atoms with Gasteiger partial charge >= 0.3 is 12.3 Å².